The fraction of sp³-hybridized carbons (Fsp3) is 0.500. The number of hydrogen-bond acceptors (Lipinski definition) is 2. The lowest BCUT2D eigenvalue weighted by Gasteiger charge is -2.02. The van der Waals surface area contributed by atoms with Gasteiger partial charge in [-0.1, -0.05) is 12.8 Å². The van der Waals surface area contributed by atoms with Gasteiger partial charge in [-0.15, -0.1) is 6.42 Å². The maximum Gasteiger partial charge on any atom is 0.196 e. The van der Waals surface area contributed by atoms with Gasteiger partial charge in [-0.05, 0) is 6.42 Å². The lowest BCUT2D eigenvalue weighted by atomic mass is 10.5. The van der Waals surface area contributed by atoms with Crippen LogP contribution < -0.4 is 16.8 Å². The van der Waals surface area contributed by atoms with Crippen molar-refractivity contribution < 1.29 is 0 Å². The van der Waals surface area contributed by atoms with E-state index in [0.717, 1.165) is 6.42 Å². The highest BCUT2D eigenvalue weighted by molar-refractivity contribution is 5.97. The summed E-state index contributed by atoms with van der Waals surface area (Å²) in [7, 11) is 0. The number of nitrogens with two attached hydrogens (primary N) is 2. The molecule has 0 bridgehead atoms. The van der Waals surface area contributed by atoms with Crippen LogP contribution in [-0.4, -0.2) is 25.0 Å². The summed E-state index contributed by atoms with van der Waals surface area (Å²) >= 11 is 0. The van der Waals surface area contributed by atoms with Gasteiger partial charge in [0.05, 0.1) is 0 Å². The number of rotatable bonds is 3. The average molecular weight is 181 g/mol. The maximum absolute atomic E-state index is 5.46. The van der Waals surface area contributed by atoms with Gasteiger partial charge < -0.3 is 11.5 Å². The van der Waals surface area contributed by atoms with Crippen molar-refractivity contribution in [2.24, 2.45) is 21.5 Å². The van der Waals surface area contributed by atoms with Crippen LogP contribution in [0.4, 0.5) is 0 Å². The summed E-state index contributed by atoms with van der Waals surface area (Å²) in [6, 6.07) is 0. The Morgan fingerprint density at radius 2 is 2.00 bits per heavy atom. The molecule has 0 aromatic heterocycles. The van der Waals surface area contributed by atoms with E-state index < -0.39 is 0 Å². The molecule has 5 heteroatoms. The number of aliphatic imine (C=N–C) groups is 2. The molecule has 0 heterocycles. The van der Waals surface area contributed by atoms with E-state index in [-0.39, 0.29) is 18.5 Å². The van der Waals surface area contributed by atoms with Crippen LogP contribution in [0.3, 0.4) is 0 Å². The van der Waals surface area contributed by atoms with Crippen molar-refractivity contribution in [1.29, 1.82) is 0 Å². The zero-order valence-electron chi connectivity index (χ0n) is 7.75. The van der Waals surface area contributed by atoms with E-state index in [1.54, 1.807) is 0 Å². The van der Waals surface area contributed by atoms with Crippen molar-refractivity contribution in [3.05, 3.63) is 0 Å². The van der Waals surface area contributed by atoms with Gasteiger partial charge in [0.1, 0.15) is 6.54 Å². The Balaban J connectivity index is 3.91. The average Bonchev–Trinajstić information content (AvgIpc) is 2.11. The summed E-state index contributed by atoms with van der Waals surface area (Å²) < 4.78 is 0. The van der Waals surface area contributed by atoms with Crippen molar-refractivity contribution in [3.63, 3.8) is 0 Å². The number of nitrogens with zero attached hydrogens (tertiary/aromatic N) is 2. The van der Waals surface area contributed by atoms with E-state index in [0.29, 0.717) is 6.54 Å². The van der Waals surface area contributed by atoms with Crippen LogP contribution in [0.5, 0.6) is 0 Å². The summed E-state index contributed by atoms with van der Waals surface area (Å²) in [4.78, 5) is 7.74. The third-order valence-electron chi connectivity index (χ3n) is 1.10. The fourth-order valence-corrected chi connectivity index (χ4v) is 0.573. The molecule has 13 heavy (non-hydrogen) atoms. The third-order valence-corrected chi connectivity index (χ3v) is 1.10. The Morgan fingerprint density at radius 1 is 1.38 bits per heavy atom. The maximum atomic E-state index is 5.46. The molecule has 0 saturated heterocycles. The quantitative estimate of drug-likeness (QED) is 0.304. The minimum Gasteiger partial charge on any atom is -0.370 e. The van der Waals surface area contributed by atoms with Crippen LogP contribution in [-0.2, 0) is 0 Å². The van der Waals surface area contributed by atoms with Gasteiger partial charge in [-0.3, -0.25) is 10.3 Å². The normalized spacial score (nSPS) is 12.3. The molecule has 0 aliphatic heterocycles. The molecule has 0 radical (unpaired) electrons. The van der Waals surface area contributed by atoms with Crippen molar-refractivity contribution in [1.82, 2.24) is 5.32 Å². The second-order valence-corrected chi connectivity index (χ2v) is 2.30. The Bertz CT molecular complexity index is 235. The minimum absolute atomic E-state index is 0.190. The van der Waals surface area contributed by atoms with Crippen LogP contribution >= 0.6 is 0 Å². The van der Waals surface area contributed by atoms with E-state index in [9.17, 15) is 0 Å². The topological polar surface area (TPSA) is 88.8 Å². The standard InChI is InChI=1S/C8H15N5/c1-3-5-11-7(9)13-8(10)12-6-4-2/h1H,4-6H2,2H3,(H5,9,10,11,12,13). The SMILES string of the molecule is C#CCN=C(N)NC(N)=NCCC. The van der Waals surface area contributed by atoms with E-state index >= 15 is 0 Å². The summed E-state index contributed by atoms with van der Waals surface area (Å²) in [6.07, 6.45) is 5.92. The second-order valence-electron chi connectivity index (χ2n) is 2.30. The molecule has 0 fully saturated rings. The molecule has 0 saturated carbocycles. The molecule has 0 spiro atoms. The molecular formula is C8H15N5. The predicted octanol–water partition coefficient (Wildman–Crippen LogP) is -0.751. The first-order valence-electron chi connectivity index (χ1n) is 4.01. The van der Waals surface area contributed by atoms with Crippen LogP contribution in [0, 0.1) is 12.3 Å². The number of hydrogen-bond donors (Lipinski definition) is 3. The number of guanidine groups is 2. The van der Waals surface area contributed by atoms with E-state index in [2.05, 4.69) is 21.2 Å². The Labute approximate surface area is 78.3 Å². The zero-order valence-corrected chi connectivity index (χ0v) is 7.75. The summed E-state index contributed by atoms with van der Waals surface area (Å²) in [5, 5.41) is 2.61. The predicted molar refractivity (Wildman–Crippen MR) is 55.2 cm³/mol. The monoisotopic (exact) mass is 181 g/mol. The molecule has 0 aromatic carbocycles. The molecule has 0 unspecified atom stereocenters. The van der Waals surface area contributed by atoms with E-state index in [4.69, 9.17) is 17.9 Å². The summed E-state index contributed by atoms with van der Waals surface area (Å²) in [6.45, 7) is 2.91. The third kappa shape index (κ3) is 6.69. The van der Waals surface area contributed by atoms with Crippen molar-refractivity contribution in [2.45, 2.75) is 13.3 Å². The highest BCUT2D eigenvalue weighted by Crippen LogP contribution is 1.76. The zero-order chi connectivity index (χ0) is 10.1. The Hall–Kier alpha value is -1.70. The molecule has 0 amide bonds. The van der Waals surface area contributed by atoms with Crippen molar-refractivity contribution in [3.8, 4) is 12.3 Å². The van der Waals surface area contributed by atoms with Gasteiger partial charge in [-0.25, -0.2) is 4.99 Å². The first-order valence-corrected chi connectivity index (χ1v) is 4.01. The largest absolute Gasteiger partial charge is 0.370 e. The lowest BCUT2D eigenvalue weighted by molar-refractivity contribution is 0.921. The second kappa shape index (κ2) is 6.98. The van der Waals surface area contributed by atoms with E-state index in [1.165, 1.54) is 0 Å². The summed E-state index contributed by atoms with van der Waals surface area (Å²) in [5.74, 6) is 2.78. The van der Waals surface area contributed by atoms with Gasteiger partial charge in [0, 0.05) is 6.54 Å². The molecule has 5 N–H and O–H groups in total. The fourth-order valence-electron chi connectivity index (χ4n) is 0.573. The number of nitrogens with one attached hydrogen (secondary N) is 1. The van der Waals surface area contributed by atoms with Crippen molar-refractivity contribution >= 4 is 11.9 Å². The first-order chi connectivity index (χ1) is 6.20. The Kier molecular flexibility index (Phi) is 6.06. The van der Waals surface area contributed by atoms with Gasteiger partial charge in [0.2, 0.25) is 0 Å². The molecule has 72 valence electrons. The minimum atomic E-state index is 0.190. The smallest absolute Gasteiger partial charge is 0.196 e. The highest BCUT2D eigenvalue weighted by Gasteiger charge is 1.92. The molecule has 0 aliphatic rings. The van der Waals surface area contributed by atoms with Crippen LogP contribution in [0.25, 0.3) is 0 Å². The van der Waals surface area contributed by atoms with Crippen LogP contribution in [0.1, 0.15) is 13.3 Å². The first kappa shape index (κ1) is 11.3. The molecule has 0 atom stereocenters. The lowest BCUT2D eigenvalue weighted by Crippen LogP contribution is -2.41. The van der Waals surface area contributed by atoms with Gasteiger partial charge >= 0.3 is 0 Å². The Morgan fingerprint density at radius 3 is 2.54 bits per heavy atom. The van der Waals surface area contributed by atoms with Gasteiger partial charge in [0.25, 0.3) is 0 Å². The molecule has 0 rings (SSSR count). The van der Waals surface area contributed by atoms with Crippen molar-refractivity contribution in [2.75, 3.05) is 13.1 Å². The van der Waals surface area contributed by atoms with E-state index in [1.807, 2.05) is 6.92 Å². The van der Waals surface area contributed by atoms with Crippen LogP contribution in [0.2, 0.25) is 0 Å². The summed E-state index contributed by atoms with van der Waals surface area (Å²) in [5.41, 5.74) is 10.9. The molecule has 0 aromatic rings. The van der Waals surface area contributed by atoms with Gasteiger partial charge in [-0.2, -0.15) is 0 Å². The van der Waals surface area contributed by atoms with Crippen LogP contribution in [0.15, 0.2) is 9.98 Å². The molecule has 5 nitrogen and oxygen atoms in total. The number of terminal acetylenes is 1. The molecule has 0 aliphatic carbocycles. The molecular weight excluding hydrogens is 166 g/mol. The highest BCUT2D eigenvalue weighted by atomic mass is 15.2. The van der Waals surface area contributed by atoms with Gasteiger partial charge in [0.15, 0.2) is 11.9 Å².